The zero-order valence-corrected chi connectivity index (χ0v) is 12.6. The molecule has 112 valence electrons. The molecule has 21 heavy (non-hydrogen) atoms. The Hall–Kier alpha value is -2.17. The molecular formula is C16H20FN3O. The third-order valence-electron chi connectivity index (χ3n) is 3.11. The van der Waals surface area contributed by atoms with Crippen molar-refractivity contribution < 1.29 is 9.13 Å². The third kappa shape index (κ3) is 3.68. The molecule has 2 aromatic rings. The first-order valence-corrected chi connectivity index (χ1v) is 7.09. The average molecular weight is 289 g/mol. The number of aryl methyl sites for hydroxylation is 1. The SMILES string of the molecule is CCCCOc1ccc(C)cc1-c1ncc(F)c(NC)n1. The second-order valence-electron chi connectivity index (χ2n) is 4.84. The number of rotatable bonds is 6. The summed E-state index contributed by atoms with van der Waals surface area (Å²) in [6, 6.07) is 5.84. The maximum Gasteiger partial charge on any atom is 0.183 e. The van der Waals surface area contributed by atoms with E-state index in [1.165, 1.54) is 6.20 Å². The fraction of sp³-hybridized carbons (Fsp3) is 0.375. The number of ether oxygens (including phenoxy) is 1. The highest BCUT2D eigenvalue weighted by Gasteiger charge is 2.12. The molecule has 1 heterocycles. The molecule has 0 unspecified atom stereocenters. The van der Waals surface area contributed by atoms with Crippen molar-refractivity contribution in [1.82, 2.24) is 9.97 Å². The van der Waals surface area contributed by atoms with Crippen LogP contribution in [0.1, 0.15) is 25.3 Å². The van der Waals surface area contributed by atoms with Crippen LogP contribution in [-0.2, 0) is 0 Å². The minimum atomic E-state index is -0.470. The predicted octanol–water partition coefficient (Wildman–Crippen LogP) is 3.81. The summed E-state index contributed by atoms with van der Waals surface area (Å²) in [6.45, 7) is 4.75. The lowest BCUT2D eigenvalue weighted by atomic mass is 10.1. The number of aromatic nitrogens is 2. The molecule has 0 aliphatic heterocycles. The normalized spacial score (nSPS) is 10.5. The second-order valence-corrected chi connectivity index (χ2v) is 4.84. The Morgan fingerprint density at radius 3 is 2.86 bits per heavy atom. The zero-order valence-electron chi connectivity index (χ0n) is 12.6. The highest BCUT2D eigenvalue weighted by Crippen LogP contribution is 2.29. The summed E-state index contributed by atoms with van der Waals surface area (Å²) in [4.78, 5) is 8.29. The van der Waals surface area contributed by atoms with Gasteiger partial charge in [-0.15, -0.1) is 0 Å². The topological polar surface area (TPSA) is 47.0 Å². The number of hydrogen-bond acceptors (Lipinski definition) is 4. The fourth-order valence-electron chi connectivity index (χ4n) is 1.94. The maximum atomic E-state index is 13.5. The molecule has 2 rings (SSSR count). The van der Waals surface area contributed by atoms with E-state index in [9.17, 15) is 4.39 Å². The molecule has 0 bridgehead atoms. The Balaban J connectivity index is 2.39. The zero-order chi connectivity index (χ0) is 15.2. The summed E-state index contributed by atoms with van der Waals surface area (Å²) in [7, 11) is 1.63. The summed E-state index contributed by atoms with van der Waals surface area (Å²) in [5.41, 5.74) is 1.86. The molecule has 0 fully saturated rings. The van der Waals surface area contributed by atoms with Gasteiger partial charge in [0.2, 0.25) is 0 Å². The van der Waals surface area contributed by atoms with Crippen molar-refractivity contribution in [3.05, 3.63) is 35.8 Å². The number of anilines is 1. The van der Waals surface area contributed by atoms with Gasteiger partial charge < -0.3 is 10.1 Å². The molecule has 0 aliphatic rings. The van der Waals surface area contributed by atoms with Crippen molar-refractivity contribution in [2.24, 2.45) is 0 Å². The van der Waals surface area contributed by atoms with Crippen molar-refractivity contribution in [3.63, 3.8) is 0 Å². The number of halogens is 1. The van der Waals surface area contributed by atoms with Gasteiger partial charge in [-0.1, -0.05) is 25.0 Å². The fourth-order valence-corrected chi connectivity index (χ4v) is 1.94. The molecule has 1 aromatic heterocycles. The summed E-state index contributed by atoms with van der Waals surface area (Å²) in [6.07, 6.45) is 3.23. The lowest BCUT2D eigenvalue weighted by molar-refractivity contribution is 0.310. The van der Waals surface area contributed by atoms with Gasteiger partial charge in [0.25, 0.3) is 0 Å². The Bertz CT molecular complexity index is 616. The van der Waals surface area contributed by atoms with Gasteiger partial charge in [0, 0.05) is 7.05 Å². The van der Waals surface area contributed by atoms with Crippen LogP contribution in [0.25, 0.3) is 11.4 Å². The molecule has 0 spiro atoms. The van der Waals surface area contributed by atoms with Crippen molar-refractivity contribution >= 4 is 5.82 Å². The number of unbranched alkanes of at least 4 members (excludes halogenated alkanes) is 1. The van der Waals surface area contributed by atoms with Crippen molar-refractivity contribution in [2.75, 3.05) is 19.0 Å². The Kier molecular flexibility index (Phi) is 5.09. The standard InChI is InChI=1S/C16H20FN3O/c1-4-5-8-21-14-7-6-11(2)9-12(14)15-19-10-13(17)16(18-3)20-15/h6-7,9-10H,4-5,8H2,1-3H3,(H,18,19,20). The second kappa shape index (κ2) is 7.02. The van der Waals surface area contributed by atoms with Crippen LogP contribution in [0.15, 0.2) is 24.4 Å². The van der Waals surface area contributed by atoms with Crippen molar-refractivity contribution in [1.29, 1.82) is 0 Å². The summed E-state index contributed by atoms with van der Waals surface area (Å²) >= 11 is 0. The molecule has 0 amide bonds. The van der Waals surface area contributed by atoms with E-state index in [-0.39, 0.29) is 5.82 Å². The van der Waals surface area contributed by atoms with E-state index < -0.39 is 5.82 Å². The summed E-state index contributed by atoms with van der Waals surface area (Å²) < 4.78 is 19.3. The Labute approximate surface area is 124 Å². The monoisotopic (exact) mass is 289 g/mol. The summed E-state index contributed by atoms with van der Waals surface area (Å²) in [5, 5.41) is 2.72. The van der Waals surface area contributed by atoms with E-state index in [2.05, 4.69) is 22.2 Å². The van der Waals surface area contributed by atoms with Crippen LogP contribution < -0.4 is 10.1 Å². The van der Waals surface area contributed by atoms with E-state index >= 15 is 0 Å². The molecule has 1 aromatic carbocycles. The maximum absolute atomic E-state index is 13.5. The van der Waals surface area contributed by atoms with E-state index in [1.807, 2.05) is 25.1 Å². The minimum absolute atomic E-state index is 0.181. The highest BCUT2D eigenvalue weighted by atomic mass is 19.1. The number of benzene rings is 1. The van der Waals surface area contributed by atoms with Gasteiger partial charge in [0.1, 0.15) is 5.75 Å². The van der Waals surface area contributed by atoms with Crippen LogP contribution in [0.2, 0.25) is 0 Å². The van der Waals surface area contributed by atoms with Crippen LogP contribution in [0.4, 0.5) is 10.2 Å². The lowest BCUT2D eigenvalue weighted by Crippen LogP contribution is -2.03. The molecule has 0 atom stereocenters. The first-order valence-electron chi connectivity index (χ1n) is 7.09. The van der Waals surface area contributed by atoms with Crippen molar-refractivity contribution in [2.45, 2.75) is 26.7 Å². The van der Waals surface area contributed by atoms with Crippen LogP contribution in [0, 0.1) is 12.7 Å². The third-order valence-corrected chi connectivity index (χ3v) is 3.11. The van der Waals surface area contributed by atoms with Gasteiger partial charge in [-0.2, -0.15) is 0 Å². The molecule has 0 saturated heterocycles. The first-order chi connectivity index (χ1) is 10.2. The molecule has 5 heteroatoms. The Morgan fingerprint density at radius 1 is 1.33 bits per heavy atom. The molecule has 4 nitrogen and oxygen atoms in total. The van der Waals surface area contributed by atoms with Gasteiger partial charge in [-0.25, -0.2) is 14.4 Å². The number of hydrogen-bond donors (Lipinski definition) is 1. The quantitative estimate of drug-likeness (QED) is 0.821. The van der Waals surface area contributed by atoms with Gasteiger partial charge in [0.05, 0.1) is 18.4 Å². The molecule has 0 aliphatic carbocycles. The van der Waals surface area contributed by atoms with E-state index in [4.69, 9.17) is 4.74 Å². The van der Waals surface area contributed by atoms with Gasteiger partial charge in [-0.05, 0) is 25.5 Å². The predicted molar refractivity (Wildman–Crippen MR) is 82.1 cm³/mol. The van der Waals surface area contributed by atoms with Crippen molar-refractivity contribution in [3.8, 4) is 17.1 Å². The molecule has 1 N–H and O–H groups in total. The number of nitrogens with zero attached hydrogens (tertiary/aromatic N) is 2. The van der Waals surface area contributed by atoms with E-state index in [0.29, 0.717) is 12.4 Å². The number of nitrogens with one attached hydrogen (secondary N) is 1. The van der Waals surface area contributed by atoms with Gasteiger partial charge >= 0.3 is 0 Å². The molecule has 0 radical (unpaired) electrons. The lowest BCUT2D eigenvalue weighted by Gasteiger charge is -2.12. The average Bonchev–Trinajstić information content (AvgIpc) is 2.49. The van der Waals surface area contributed by atoms with Gasteiger partial charge in [-0.3, -0.25) is 0 Å². The summed E-state index contributed by atoms with van der Waals surface area (Å²) in [5.74, 6) is 0.891. The van der Waals surface area contributed by atoms with Crippen LogP contribution in [-0.4, -0.2) is 23.6 Å². The van der Waals surface area contributed by atoms with Crippen LogP contribution in [0.5, 0.6) is 5.75 Å². The Morgan fingerprint density at radius 2 is 2.14 bits per heavy atom. The first kappa shape index (κ1) is 15.2. The van der Waals surface area contributed by atoms with Crippen LogP contribution in [0.3, 0.4) is 0 Å². The molecular weight excluding hydrogens is 269 g/mol. The molecule has 0 saturated carbocycles. The highest BCUT2D eigenvalue weighted by molar-refractivity contribution is 5.66. The van der Waals surface area contributed by atoms with Gasteiger partial charge in [0.15, 0.2) is 17.5 Å². The largest absolute Gasteiger partial charge is 0.493 e. The van der Waals surface area contributed by atoms with E-state index in [0.717, 1.165) is 29.7 Å². The minimum Gasteiger partial charge on any atom is -0.493 e. The smallest absolute Gasteiger partial charge is 0.183 e. The van der Waals surface area contributed by atoms with E-state index in [1.54, 1.807) is 7.05 Å². The van der Waals surface area contributed by atoms with Crippen LogP contribution >= 0.6 is 0 Å².